The SMILES string of the molecule is O=C1C(=NCc2ccc3c(c2)OCO3)C(Cl)C(=O)N1CCc1ccccc1. The lowest BCUT2D eigenvalue weighted by Gasteiger charge is -2.12. The topological polar surface area (TPSA) is 68.2 Å². The standard InChI is InChI=1S/C20H17ClN2O4/c21-17-18(22-11-14-6-7-15-16(10-14)27-12-26-15)20(25)23(19(17)24)9-8-13-4-2-1-3-5-13/h1-7,10,17H,8-9,11-12H2. The highest BCUT2D eigenvalue weighted by molar-refractivity contribution is 6.63. The Morgan fingerprint density at radius 2 is 1.81 bits per heavy atom. The van der Waals surface area contributed by atoms with E-state index in [0.29, 0.717) is 17.9 Å². The number of rotatable bonds is 5. The predicted molar refractivity (Wildman–Crippen MR) is 100 cm³/mol. The summed E-state index contributed by atoms with van der Waals surface area (Å²) in [5, 5.41) is -1.04. The molecule has 0 radical (unpaired) electrons. The van der Waals surface area contributed by atoms with E-state index >= 15 is 0 Å². The number of imide groups is 1. The number of ether oxygens (including phenoxy) is 2. The highest BCUT2D eigenvalue weighted by atomic mass is 35.5. The van der Waals surface area contributed by atoms with Crippen LogP contribution in [-0.4, -0.2) is 41.1 Å². The van der Waals surface area contributed by atoms with Crippen LogP contribution in [-0.2, 0) is 22.6 Å². The summed E-state index contributed by atoms with van der Waals surface area (Å²) >= 11 is 6.17. The molecule has 0 aliphatic carbocycles. The Labute approximate surface area is 161 Å². The second kappa shape index (κ2) is 7.40. The third-order valence-corrected chi connectivity index (χ3v) is 4.92. The maximum absolute atomic E-state index is 12.6. The molecule has 0 aromatic heterocycles. The Hall–Kier alpha value is -2.86. The summed E-state index contributed by atoms with van der Waals surface area (Å²) in [6, 6.07) is 15.1. The van der Waals surface area contributed by atoms with Crippen molar-refractivity contribution in [2.75, 3.05) is 13.3 Å². The zero-order valence-corrected chi connectivity index (χ0v) is 15.2. The molecule has 0 bridgehead atoms. The number of amides is 2. The number of carbonyl (C=O) groups excluding carboxylic acids is 2. The second-order valence-corrected chi connectivity index (χ2v) is 6.72. The highest BCUT2D eigenvalue weighted by Gasteiger charge is 2.43. The molecule has 1 saturated heterocycles. The van der Waals surface area contributed by atoms with Gasteiger partial charge in [0.2, 0.25) is 6.79 Å². The Morgan fingerprint density at radius 3 is 2.63 bits per heavy atom. The van der Waals surface area contributed by atoms with Crippen LogP contribution in [0.25, 0.3) is 0 Å². The van der Waals surface area contributed by atoms with Gasteiger partial charge in [0, 0.05) is 6.54 Å². The van der Waals surface area contributed by atoms with Crippen molar-refractivity contribution in [2.24, 2.45) is 4.99 Å². The zero-order valence-electron chi connectivity index (χ0n) is 14.4. The average Bonchev–Trinajstić information content (AvgIpc) is 3.23. The molecule has 2 heterocycles. The van der Waals surface area contributed by atoms with Crippen LogP contribution in [0.3, 0.4) is 0 Å². The quantitative estimate of drug-likeness (QED) is 0.587. The fourth-order valence-electron chi connectivity index (χ4n) is 3.06. The van der Waals surface area contributed by atoms with Crippen LogP contribution in [0, 0.1) is 0 Å². The number of nitrogens with zero attached hydrogens (tertiary/aromatic N) is 2. The summed E-state index contributed by atoms with van der Waals surface area (Å²) in [7, 11) is 0. The van der Waals surface area contributed by atoms with Crippen LogP contribution >= 0.6 is 11.6 Å². The van der Waals surface area contributed by atoms with E-state index < -0.39 is 17.2 Å². The molecular weight excluding hydrogens is 368 g/mol. The van der Waals surface area contributed by atoms with E-state index in [2.05, 4.69) is 4.99 Å². The average molecular weight is 385 g/mol. The maximum atomic E-state index is 12.6. The van der Waals surface area contributed by atoms with E-state index in [1.165, 1.54) is 4.90 Å². The van der Waals surface area contributed by atoms with Crippen molar-refractivity contribution >= 4 is 29.1 Å². The number of halogens is 1. The maximum Gasteiger partial charge on any atom is 0.276 e. The van der Waals surface area contributed by atoms with E-state index in [-0.39, 0.29) is 25.6 Å². The van der Waals surface area contributed by atoms with E-state index in [9.17, 15) is 9.59 Å². The minimum absolute atomic E-state index is 0.0902. The van der Waals surface area contributed by atoms with E-state index in [1.807, 2.05) is 42.5 Å². The third kappa shape index (κ3) is 3.53. The number of hydrogen-bond donors (Lipinski definition) is 0. The molecule has 2 aromatic carbocycles. The lowest BCUT2D eigenvalue weighted by atomic mass is 10.1. The fourth-order valence-corrected chi connectivity index (χ4v) is 3.34. The van der Waals surface area contributed by atoms with Crippen LogP contribution in [0.4, 0.5) is 0 Å². The number of fused-ring (bicyclic) bond motifs is 1. The fraction of sp³-hybridized carbons (Fsp3) is 0.250. The number of benzene rings is 2. The minimum atomic E-state index is -1.04. The Kier molecular flexibility index (Phi) is 4.81. The van der Waals surface area contributed by atoms with Crippen molar-refractivity contribution in [3.05, 3.63) is 59.7 Å². The number of carbonyl (C=O) groups is 2. The van der Waals surface area contributed by atoms with Gasteiger partial charge in [-0.25, -0.2) is 0 Å². The first kappa shape index (κ1) is 17.5. The van der Waals surface area contributed by atoms with Crippen molar-refractivity contribution in [1.29, 1.82) is 0 Å². The lowest BCUT2D eigenvalue weighted by molar-refractivity contribution is -0.136. The number of alkyl halides is 1. The largest absolute Gasteiger partial charge is 0.454 e. The number of likely N-dealkylation sites (tertiary alicyclic amines) is 1. The summed E-state index contributed by atoms with van der Waals surface area (Å²) in [6.45, 7) is 0.717. The van der Waals surface area contributed by atoms with Crippen LogP contribution in [0.15, 0.2) is 53.5 Å². The van der Waals surface area contributed by atoms with Crippen molar-refractivity contribution < 1.29 is 19.1 Å². The minimum Gasteiger partial charge on any atom is -0.454 e. The summed E-state index contributed by atoms with van der Waals surface area (Å²) < 4.78 is 10.6. The van der Waals surface area contributed by atoms with Crippen molar-refractivity contribution in [3.63, 3.8) is 0 Å². The van der Waals surface area contributed by atoms with E-state index in [4.69, 9.17) is 21.1 Å². The van der Waals surface area contributed by atoms with Crippen molar-refractivity contribution in [3.8, 4) is 11.5 Å². The van der Waals surface area contributed by atoms with Gasteiger partial charge in [0.05, 0.1) is 6.54 Å². The smallest absolute Gasteiger partial charge is 0.276 e. The molecule has 2 aromatic rings. The molecule has 7 heteroatoms. The summed E-state index contributed by atoms with van der Waals surface area (Å²) in [6.07, 6.45) is 0.581. The normalized spacial score (nSPS) is 20.0. The molecule has 1 atom stereocenters. The number of aliphatic imine (C=N–C) groups is 1. The molecule has 6 nitrogen and oxygen atoms in total. The van der Waals surface area contributed by atoms with E-state index in [0.717, 1.165) is 11.1 Å². The Bertz CT molecular complexity index is 913. The van der Waals surface area contributed by atoms with Crippen molar-refractivity contribution in [2.45, 2.75) is 18.3 Å². The molecule has 2 amide bonds. The summed E-state index contributed by atoms with van der Waals surface area (Å²) in [5.41, 5.74) is 1.99. The van der Waals surface area contributed by atoms with Crippen LogP contribution in [0.1, 0.15) is 11.1 Å². The molecule has 27 heavy (non-hydrogen) atoms. The number of hydrogen-bond acceptors (Lipinski definition) is 5. The van der Waals surface area contributed by atoms with Crippen LogP contribution in [0.5, 0.6) is 11.5 Å². The molecular formula is C20H17ClN2O4. The Balaban J connectivity index is 1.45. The molecule has 0 saturated carbocycles. The van der Waals surface area contributed by atoms with Crippen LogP contribution in [0.2, 0.25) is 0 Å². The second-order valence-electron chi connectivity index (χ2n) is 6.28. The lowest BCUT2D eigenvalue weighted by Crippen LogP contribution is -2.33. The van der Waals surface area contributed by atoms with Gasteiger partial charge in [-0.3, -0.25) is 19.5 Å². The van der Waals surface area contributed by atoms with Gasteiger partial charge < -0.3 is 9.47 Å². The highest BCUT2D eigenvalue weighted by Crippen LogP contribution is 2.32. The summed E-state index contributed by atoms with van der Waals surface area (Å²) in [5.74, 6) is 0.493. The zero-order chi connectivity index (χ0) is 18.8. The first-order valence-electron chi connectivity index (χ1n) is 8.60. The molecule has 2 aliphatic heterocycles. The molecule has 1 fully saturated rings. The molecule has 0 spiro atoms. The molecule has 0 N–H and O–H groups in total. The monoisotopic (exact) mass is 384 g/mol. The third-order valence-electron chi connectivity index (χ3n) is 4.52. The molecule has 2 aliphatic rings. The van der Waals surface area contributed by atoms with Crippen LogP contribution < -0.4 is 9.47 Å². The predicted octanol–water partition coefficient (Wildman–Crippen LogP) is 2.58. The summed E-state index contributed by atoms with van der Waals surface area (Å²) in [4.78, 5) is 30.5. The first-order valence-corrected chi connectivity index (χ1v) is 9.03. The molecule has 1 unspecified atom stereocenters. The first-order chi connectivity index (χ1) is 13.1. The van der Waals surface area contributed by atoms with E-state index in [1.54, 1.807) is 6.07 Å². The van der Waals surface area contributed by atoms with Gasteiger partial charge in [-0.05, 0) is 29.7 Å². The Morgan fingerprint density at radius 1 is 1.04 bits per heavy atom. The van der Waals surface area contributed by atoms with Gasteiger partial charge in [0.25, 0.3) is 11.8 Å². The van der Waals surface area contributed by atoms with Gasteiger partial charge in [0.1, 0.15) is 5.71 Å². The van der Waals surface area contributed by atoms with Crippen molar-refractivity contribution in [1.82, 2.24) is 4.90 Å². The van der Waals surface area contributed by atoms with Gasteiger partial charge in [-0.2, -0.15) is 0 Å². The van der Waals surface area contributed by atoms with Gasteiger partial charge in [-0.1, -0.05) is 36.4 Å². The van der Waals surface area contributed by atoms with Gasteiger partial charge in [0.15, 0.2) is 16.9 Å². The molecule has 138 valence electrons. The van der Waals surface area contributed by atoms with Gasteiger partial charge in [-0.15, -0.1) is 11.6 Å². The van der Waals surface area contributed by atoms with Gasteiger partial charge >= 0.3 is 0 Å². The molecule has 4 rings (SSSR count).